The molecule has 3 N–H and O–H groups in total. The van der Waals surface area contributed by atoms with E-state index in [1.165, 1.54) is 96.3 Å². The summed E-state index contributed by atoms with van der Waals surface area (Å²) in [7, 11) is 0. The highest BCUT2D eigenvalue weighted by Gasteiger charge is 1.98. The van der Waals surface area contributed by atoms with Crippen LogP contribution in [-0.2, 0) is 4.79 Å². The predicted molar refractivity (Wildman–Crippen MR) is 106 cm³/mol. The summed E-state index contributed by atoms with van der Waals surface area (Å²) in [5.41, 5.74) is 5.33. The van der Waals surface area contributed by atoms with Gasteiger partial charge in [0.1, 0.15) is 0 Å². The topological polar surface area (TPSA) is 55.1 Å². The molecule has 0 rings (SSSR count). The minimum atomic E-state index is 0.0958. The van der Waals surface area contributed by atoms with Gasteiger partial charge in [0.25, 0.3) is 0 Å². The lowest BCUT2D eigenvalue weighted by molar-refractivity contribution is -0.120. The molecule has 3 heteroatoms. The number of carbonyl (C=O) groups excluding carboxylic acids is 1. The first-order valence-electron chi connectivity index (χ1n) is 10.8. The van der Waals surface area contributed by atoms with Crippen LogP contribution in [0.5, 0.6) is 0 Å². The van der Waals surface area contributed by atoms with Gasteiger partial charge in [-0.2, -0.15) is 0 Å². The van der Waals surface area contributed by atoms with Crippen molar-refractivity contribution in [1.29, 1.82) is 0 Å². The maximum absolute atomic E-state index is 11.2. The lowest BCUT2D eigenvalue weighted by Gasteiger charge is -2.05. The number of unbranched alkanes of at least 4 members (excludes halogenated alkanes) is 15. The third kappa shape index (κ3) is 19.5. The SMILES string of the molecule is CCCCCCCCCCCCCCCCCCNC(=O)CCN. The first-order chi connectivity index (χ1) is 11.8. The van der Waals surface area contributed by atoms with Gasteiger partial charge in [-0.15, -0.1) is 0 Å². The highest BCUT2D eigenvalue weighted by molar-refractivity contribution is 5.75. The van der Waals surface area contributed by atoms with Gasteiger partial charge in [-0.1, -0.05) is 103 Å². The molecule has 3 nitrogen and oxygen atoms in total. The first-order valence-corrected chi connectivity index (χ1v) is 10.8. The molecule has 0 aromatic rings. The van der Waals surface area contributed by atoms with Gasteiger partial charge >= 0.3 is 0 Å². The van der Waals surface area contributed by atoms with E-state index in [1.807, 2.05) is 0 Å². The number of hydrogen-bond donors (Lipinski definition) is 2. The van der Waals surface area contributed by atoms with Crippen LogP contribution in [0.25, 0.3) is 0 Å². The summed E-state index contributed by atoms with van der Waals surface area (Å²) in [4.78, 5) is 11.2. The van der Waals surface area contributed by atoms with Gasteiger partial charge in [0.2, 0.25) is 5.91 Å². The number of nitrogens with one attached hydrogen (secondary N) is 1. The van der Waals surface area contributed by atoms with E-state index in [-0.39, 0.29) is 5.91 Å². The van der Waals surface area contributed by atoms with Gasteiger partial charge in [-0.3, -0.25) is 4.79 Å². The summed E-state index contributed by atoms with van der Waals surface area (Å²) in [5, 5.41) is 2.91. The van der Waals surface area contributed by atoms with Crippen LogP contribution in [0.3, 0.4) is 0 Å². The number of amides is 1. The molecule has 0 aliphatic rings. The molecule has 0 aromatic heterocycles. The zero-order valence-electron chi connectivity index (χ0n) is 16.4. The van der Waals surface area contributed by atoms with Crippen LogP contribution in [0.2, 0.25) is 0 Å². The van der Waals surface area contributed by atoms with Crippen molar-refractivity contribution in [3.8, 4) is 0 Å². The Balaban J connectivity index is 3.01. The van der Waals surface area contributed by atoms with Gasteiger partial charge in [-0.05, 0) is 6.42 Å². The van der Waals surface area contributed by atoms with Crippen molar-refractivity contribution in [1.82, 2.24) is 5.32 Å². The maximum Gasteiger partial charge on any atom is 0.221 e. The lowest BCUT2D eigenvalue weighted by Crippen LogP contribution is -2.26. The van der Waals surface area contributed by atoms with Crippen molar-refractivity contribution >= 4 is 5.91 Å². The molecule has 0 saturated heterocycles. The largest absolute Gasteiger partial charge is 0.356 e. The molecule has 0 aliphatic heterocycles. The smallest absolute Gasteiger partial charge is 0.221 e. The Bertz CT molecular complexity index is 256. The van der Waals surface area contributed by atoms with Crippen molar-refractivity contribution in [2.24, 2.45) is 5.73 Å². The summed E-state index contributed by atoms with van der Waals surface area (Å²) in [6, 6.07) is 0. The second-order valence-corrected chi connectivity index (χ2v) is 7.19. The molecule has 144 valence electrons. The Morgan fingerprint density at radius 2 is 1.04 bits per heavy atom. The molecule has 24 heavy (non-hydrogen) atoms. The van der Waals surface area contributed by atoms with Crippen molar-refractivity contribution < 1.29 is 4.79 Å². The molecule has 0 atom stereocenters. The molecular formula is C21H44N2O. The van der Waals surface area contributed by atoms with Crippen molar-refractivity contribution in [3.63, 3.8) is 0 Å². The van der Waals surface area contributed by atoms with Crippen LogP contribution < -0.4 is 11.1 Å². The van der Waals surface area contributed by atoms with Gasteiger partial charge < -0.3 is 11.1 Å². The molecule has 0 bridgehead atoms. The fraction of sp³-hybridized carbons (Fsp3) is 0.952. The van der Waals surface area contributed by atoms with Crippen LogP contribution in [0.15, 0.2) is 0 Å². The summed E-state index contributed by atoms with van der Waals surface area (Å²) < 4.78 is 0. The van der Waals surface area contributed by atoms with E-state index in [0.717, 1.165) is 13.0 Å². The molecule has 0 radical (unpaired) electrons. The maximum atomic E-state index is 11.2. The minimum absolute atomic E-state index is 0.0958. The van der Waals surface area contributed by atoms with E-state index in [0.29, 0.717) is 13.0 Å². The van der Waals surface area contributed by atoms with E-state index in [2.05, 4.69) is 12.2 Å². The molecule has 0 heterocycles. The fourth-order valence-electron chi connectivity index (χ4n) is 3.12. The molecule has 0 spiro atoms. The van der Waals surface area contributed by atoms with Gasteiger partial charge in [0, 0.05) is 19.5 Å². The van der Waals surface area contributed by atoms with E-state index in [1.54, 1.807) is 0 Å². The van der Waals surface area contributed by atoms with Gasteiger partial charge in [0.15, 0.2) is 0 Å². The molecule has 0 unspecified atom stereocenters. The lowest BCUT2D eigenvalue weighted by atomic mass is 10.0. The normalized spacial score (nSPS) is 10.9. The number of hydrogen-bond acceptors (Lipinski definition) is 2. The highest BCUT2D eigenvalue weighted by Crippen LogP contribution is 2.13. The van der Waals surface area contributed by atoms with Crippen LogP contribution in [0, 0.1) is 0 Å². The van der Waals surface area contributed by atoms with Crippen molar-refractivity contribution in [3.05, 3.63) is 0 Å². The van der Waals surface area contributed by atoms with Gasteiger partial charge in [0.05, 0.1) is 0 Å². The summed E-state index contributed by atoms with van der Waals surface area (Å²) in [6.45, 7) is 3.55. The zero-order chi connectivity index (χ0) is 17.7. The Kier molecular flexibility index (Phi) is 20.0. The minimum Gasteiger partial charge on any atom is -0.356 e. The summed E-state index contributed by atoms with van der Waals surface area (Å²) in [5.74, 6) is 0.0958. The predicted octanol–water partition coefficient (Wildman–Crippen LogP) is 5.71. The number of nitrogens with two attached hydrogens (primary N) is 1. The van der Waals surface area contributed by atoms with Crippen molar-refractivity contribution in [2.75, 3.05) is 13.1 Å². The van der Waals surface area contributed by atoms with E-state index in [4.69, 9.17) is 5.73 Å². The van der Waals surface area contributed by atoms with E-state index >= 15 is 0 Å². The molecule has 0 fully saturated rings. The van der Waals surface area contributed by atoms with Crippen LogP contribution in [-0.4, -0.2) is 19.0 Å². The molecule has 0 aromatic carbocycles. The quantitative estimate of drug-likeness (QED) is 0.296. The summed E-state index contributed by atoms with van der Waals surface area (Å²) in [6.07, 6.45) is 22.6. The zero-order valence-corrected chi connectivity index (χ0v) is 16.4. The second-order valence-electron chi connectivity index (χ2n) is 7.19. The number of carbonyl (C=O) groups is 1. The van der Waals surface area contributed by atoms with Crippen LogP contribution in [0.4, 0.5) is 0 Å². The third-order valence-electron chi connectivity index (χ3n) is 4.72. The first kappa shape index (κ1) is 23.4. The standard InChI is InChI=1S/C21H44N2O/c1-2-3-4-5-6-7-8-9-10-11-12-13-14-15-16-17-20-23-21(24)18-19-22/h2-20,22H2,1H3,(H,23,24). The van der Waals surface area contributed by atoms with Gasteiger partial charge in [-0.25, -0.2) is 0 Å². The molecule has 1 amide bonds. The molecule has 0 aliphatic carbocycles. The highest BCUT2D eigenvalue weighted by atomic mass is 16.1. The Morgan fingerprint density at radius 3 is 1.42 bits per heavy atom. The van der Waals surface area contributed by atoms with Crippen molar-refractivity contribution in [2.45, 2.75) is 116 Å². The van der Waals surface area contributed by atoms with Crippen LogP contribution >= 0.6 is 0 Å². The second kappa shape index (κ2) is 20.5. The van der Waals surface area contributed by atoms with Crippen LogP contribution in [0.1, 0.15) is 116 Å². The summed E-state index contributed by atoms with van der Waals surface area (Å²) >= 11 is 0. The van der Waals surface area contributed by atoms with E-state index < -0.39 is 0 Å². The average Bonchev–Trinajstić information content (AvgIpc) is 2.58. The number of rotatable bonds is 19. The Hall–Kier alpha value is -0.570. The monoisotopic (exact) mass is 340 g/mol. The van der Waals surface area contributed by atoms with E-state index in [9.17, 15) is 4.79 Å². The Labute approximate surface area is 151 Å². The molecular weight excluding hydrogens is 296 g/mol. The Morgan fingerprint density at radius 1 is 0.667 bits per heavy atom. The fourth-order valence-corrected chi connectivity index (χ4v) is 3.12. The molecule has 0 saturated carbocycles. The third-order valence-corrected chi connectivity index (χ3v) is 4.72. The average molecular weight is 341 g/mol.